The zero-order chi connectivity index (χ0) is 11.4. The topological polar surface area (TPSA) is 58.0 Å². The lowest BCUT2D eigenvalue weighted by Gasteiger charge is -2.11. The van der Waals surface area contributed by atoms with E-state index in [0.29, 0.717) is 6.54 Å². The van der Waals surface area contributed by atoms with Crippen molar-refractivity contribution in [2.24, 2.45) is 5.92 Å². The van der Waals surface area contributed by atoms with Crippen molar-refractivity contribution in [2.45, 2.75) is 6.92 Å². The molecule has 2 rings (SSSR count). The van der Waals surface area contributed by atoms with Gasteiger partial charge in [-0.05, 0) is 18.1 Å². The van der Waals surface area contributed by atoms with Crippen molar-refractivity contribution in [2.75, 3.05) is 18.5 Å². The van der Waals surface area contributed by atoms with Gasteiger partial charge < -0.3 is 10.4 Å². The van der Waals surface area contributed by atoms with Gasteiger partial charge in [-0.2, -0.15) is 0 Å². The summed E-state index contributed by atoms with van der Waals surface area (Å²) in [6.07, 6.45) is 1.55. The number of rotatable bonds is 4. The summed E-state index contributed by atoms with van der Waals surface area (Å²) in [7, 11) is 0. The summed E-state index contributed by atoms with van der Waals surface area (Å²) >= 11 is 0. The maximum absolute atomic E-state index is 8.95. The van der Waals surface area contributed by atoms with Gasteiger partial charge in [0.25, 0.3) is 0 Å². The van der Waals surface area contributed by atoms with Crippen LogP contribution in [0.1, 0.15) is 6.92 Å². The molecule has 4 nitrogen and oxygen atoms in total. The second-order valence-corrected chi connectivity index (χ2v) is 3.91. The zero-order valence-electron chi connectivity index (χ0n) is 9.22. The van der Waals surface area contributed by atoms with Crippen LogP contribution < -0.4 is 5.32 Å². The van der Waals surface area contributed by atoms with Gasteiger partial charge in [0, 0.05) is 18.5 Å². The molecule has 0 amide bonds. The van der Waals surface area contributed by atoms with Crippen LogP contribution in [0.25, 0.3) is 10.9 Å². The molecule has 0 fully saturated rings. The van der Waals surface area contributed by atoms with Crippen LogP contribution >= 0.6 is 0 Å². The molecule has 0 saturated carbocycles. The van der Waals surface area contributed by atoms with Gasteiger partial charge in [0.15, 0.2) is 0 Å². The van der Waals surface area contributed by atoms with Crippen molar-refractivity contribution in [1.29, 1.82) is 0 Å². The predicted octanol–water partition coefficient (Wildman–Crippen LogP) is 1.67. The standard InChI is InChI=1S/C12H15N3O/c1-9(7-16)6-13-12-10-4-2-3-5-11(10)14-8-15-12/h2-5,8-9,16H,6-7H2,1H3,(H,13,14,15). The van der Waals surface area contributed by atoms with E-state index in [0.717, 1.165) is 16.7 Å². The molecule has 0 aliphatic carbocycles. The minimum absolute atomic E-state index is 0.177. The molecule has 2 N–H and O–H groups in total. The number of aliphatic hydroxyl groups is 1. The molecule has 1 heterocycles. The van der Waals surface area contributed by atoms with E-state index in [9.17, 15) is 0 Å². The van der Waals surface area contributed by atoms with Crippen LogP contribution in [0.4, 0.5) is 5.82 Å². The highest BCUT2D eigenvalue weighted by Gasteiger charge is 2.04. The smallest absolute Gasteiger partial charge is 0.137 e. The Morgan fingerprint density at radius 2 is 2.12 bits per heavy atom. The third-order valence-electron chi connectivity index (χ3n) is 2.47. The zero-order valence-corrected chi connectivity index (χ0v) is 9.22. The first kappa shape index (κ1) is 10.8. The molecule has 0 saturated heterocycles. The van der Waals surface area contributed by atoms with E-state index >= 15 is 0 Å². The number of aliphatic hydroxyl groups excluding tert-OH is 1. The maximum atomic E-state index is 8.95. The third kappa shape index (κ3) is 2.28. The molecule has 4 heteroatoms. The summed E-state index contributed by atoms with van der Waals surface area (Å²) in [6, 6.07) is 7.86. The molecule has 0 aliphatic rings. The van der Waals surface area contributed by atoms with Crippen LogP contribution in [0.15, 0.2) is 30.6 Å². The highest BCUT2D eigenvalue weighted by atomic mass is 16.3. The minimum atomic E-state index is 0.177. The summed E-state index contributed by atoms with van der Waals surface area (Å²) < 4.78 is 0. The summed E-state index contributed by atoms with van der Waals surface area (Å²) in [5.74, 6) is 1.04. The first-order valence-electron chi connectivity index (χ1n) is 5.35. The van der Waals surface area contributed by atoms with Gasteiger partial charge in [0.05, 0.1) is 5.52 Å². The molecule has 1 aromatic heterocycles. The predicted molar refractivity (Wildman–Crippen MR) is 64.3 cm³/mol. The fraction of sp³-hybridized carbons (Fsp3) is 0.333. The van der Waals surface area contributed by atoms with Crippen molar-refractivity contribution < 1.29 is 5.11 Å². The molecule has 0 aliphatic heterocycles. The molecule has 0 spiro atoms. The van der Waals surface area contributed by atoms with E-state index in [1.165, 1.54) is 0 Å². The molecule has 2 aromatic rings. The van der Waals surface area contributed by atoms with Crippen molar-refractivity contribution in [3.8, 4) is 0 Å². The van der Waals surface area contributed by atoms with Gasteiger partial charge in [-0.25, -0.2) is 9.97 Å². The normalized spacial score (nSPS) is 12.6. The highest BCUT2D eigenvalue weighted by Crippen LogP contribution is 2.18. The van der Waals surface area contributed by atoms with Gasteiger partial charge in [0.2, 0.25) is 0 Å². The maximum Gasteiger partial charge on any atom is 0.137 e. The van der Waals surface area contributed by atoms with Crippen LogP contribution in [0.2, 0.25) is 0 Å². The number of nitrogens with one attached hydrogen (secondary N) is 1. The van der Waals surface area contributed by atoms with E-state index < -0.39 is 0 Å². The lowest BCUT2D eigenvalue weighted by atomic mass is 10.2. The molecule has 0 bridgehead atoms. The Morgan fingerprint density at radius 3 is 2.94 bits per heavy atom. The molecule has 1 unspecified atom stereocenters. The average Bonchev–Trinajstić information content (AvgIpc) is 2.35. The molecule has 1 aromatic carbocycles. The Hall–Kier alpha value is -1.68. The summed E-state index contributed by atoms with van der Waals surface area (Å²) in [5, 5.41) is 13.2. The third-order valence-corrected chi connectivity index (χ3v) is 2.47. The van der Waals surface area contributed by atoms with Crippen molar-refractivity contribution in [3.63, 3.8) is 0 Å². The number of nitrogens with zero attached hydrogens (tertiary/aromatic N) is 2. The van der Waals surface area contributed by atoms with Crippen molar-refractivity contribution in [3.05, 3.63) is 30.6 Å². The van der Waals surface area contributed by atoms with E-state index in [2.05, 4.69) is 15.3 Å². The summed E-state index contributed by atoms with van der Waals surface area (Å²) in [6.45, 7) is 2.86. The number of hydrogen-bond acceptors (Lipinski definition) is 4. The Labute approximate surface area is 94.4 Å². The Bertz CT molecular complexity index is 467. The van der Waals surface area contributed by atoms with Crippen LogP contribution in [0.3, 0.4) is 0 Å². The van der Waals surface area contributed by atoms with Crippen LogP contribution in [0, 0.1) is 5.92 Å². The fourth-order valence-corrected chi connectivity index (χ4v) is 1.48. The number of para-hydroxylation sites is 1. The van der Waals surface area contributed by atoms with Gasteiger partial charge in [-0.1, -0.05) is 19.1 Å². The van der Waals surface area contributed by atoms with Crippen LogP contribution in [-0.2, 0) is 0 Å². The summed E-state index contributed by atoms with van der Waals surface area (Å²) in [5.41, 5.74) is 0.927. The first-order chi connectivity index (χ1) is 7.81. The minimum Gasteiger partial charge on any atom is -0.396 e. The Morgan fingerprint density at radius 1 is 1.31 bits per heavy atom. The van der Waals surface area contributed by atoms with Gasteiger partial charge >= 0.3 is 0 Å². The van der Waals surface area contributed by atoms with Crippen LogP contribution in [-0.4, -0.2) is 28.2 Å². The molecule has 0 radical (unpaired) electrons. The van der Waals surface area contributed by atoms with Gasteiger partial charge in [-0.3, -0.25) is 0 Å². The van der Waals surface area contributed by atoms with E-state index in [4.69, 9.17) is 5.11 Å². The second kappa shape index (κ2) is 4.90. The Balaban J connectivity index is 2.23. The number of anilines is 1. The van der Waals surface area contributed by atoms with Crippen LogP contribution in [0.5, 0.6) is 0 Å². The second-order valence-electron chi connectivity index (χ2n) is 3.91. The first-order valence-corrected chi connectivity index (χ1v) is 5.35. The molecular formula is C12H15N3O. The van der Waals surface area contributed by atoms with E-state index in [-0.39, 0.29) is 12.5 Å². The van der Waals surface area contributed by atoms with Crippen molar-refractivity contribution in [1.82, 2.24) is 9.97 Å². The number of fused-ring (bicyclic) bond motifs is 1. The van der Waals surface area contributed by atoms with E-state index in [1.54, 1.807) is 6.33 Å². The van der Waals surface area contributed by atoms with Gasteiger partial charge in [-0.15, -0.1) is 0 Å². The van der Waals surface area contributed by atoms with Crippen molar-refractivity contribution >= 4 is 16.7 Å². The summed E-state index contributed by atoms with van der Waals surface area (Å²) in [4.78, 5) is 8.40. The lowest BCUT2D eigenvalue weighted by Crippen LogP contribution is -2.15. The number of benzene rings is 1. The molecule has 16 heavy (non-hydrogen) atoms. The molecule has 84 valence electrons. The van der Waals surface area contributed by atoms with E-state index in [1.807, 2.05) is 31.2 Å². The monoisotopic (exact) mass is 217 g/mol. The molecular weight excluding hydrogens is 202 g/mol. The average molecular weight is 217 g/mol. The lowest BCUT2D eigenvalue weighted by molar-refractivity contribution is 0.244. The highest BCUT2D eigenvalue weighted by molar-refractivity contribution is 5.88. The quantitative estimate of drug-likeness (QED) is 0.818. The Kier molecular flexibility index (Phi) is 3.31. The fourth-order valence-electron chi connectivity index (χ4n) is 1.48. The number of hydrogen-bond donors (Lipinski definition) is 2. The largest absolute Gasteiger partial charge is 0.396 e. The van der Waals surface area contributed by atoms with Gasteiger partial charge in [0.1, 0.15) is 12.1 Å². The SMILES string of the molecule is CC(CO)CNc1ncnc2ccccc12. The number of aromatic nitrogens is 2. The molecule has 1 atom stereocenters.